The molecule has 2 aromatic rings. The molecule has 3 aliphatic heterocycles. The van der Waals surface area contributed by atoms with Crippen LogP contribution in [-0.2, 0) is 6.54 Å². The summed E-state index contributed by atoms with van der Waals surface area (Å²) in [5, 5.41) is 3.23. The Morgan fingerprint density at radius 3 is 2.96 bits per heavy atom. The summed E-state index contributed by atoms with van der Waals surface area (Å²) in [6.45, 7) is 6.00. The predicted molar refractivity (Wildman–Crippen MR) is 103 cm³/mol. The Morgan fingerprint density at radius 2 is 2.11 bits per heavy atom. The number of hydrogen-bond acceptors (Lipinski definition) is 3. The third-order valence-electron chi connectivity index (χ3n) is 6.54. The fourth-order valence-electron chi connectivity index (χ4n) is 5.12. The number of carbonyl (C=O) groups excluding carboxylic acids is 1. The molecule has 142 valence electrons. The number of rotatable bonds is 3. The minimum absolute atomic E-state index is 0.0309. The van der Waals surface area contributed by atoms with Crippen molar-refractivity contribution in [1.82, 2.24) is 24.7 Å². The van der Waals surface area contributed by atoms with E-state index in [1.54, 1.807) is 0 Å². The van der Waals surface area contributed by atoms with Gasteiger partial charge in [0, 0.05) is 44.1 Å². The lowest BCUT2D eigenvalue weighted by molar-refractivity contribution is 0.189. The quantitative estimate of drug-likeness (QED) is 0.910. The monoisotopic (exact) mass is 365 g/mol. The van der Waals surface area contributed by atoms with Gasteiger partial charge in [0.2, 0.25) is 0 Å². The van der Waals surface area contributed by atoms with Crippen LogP contribution < -0.4 is 5.32 Å². The third kappa shape index (κ3) is 3.02. The van der Waals surface area contributed by atoms with E-state index in [2.05, 4.69) is 57.0 Å². The molecule has 0 spiro atoms. The number of hydrogen-bond donors (Lipinski definition) is 1. The largest absolute Gasteiger partial charge is 0.330 e. The van der Waals surface area contributed by atoms with Gasteiger partial charge in [0.15, 0.2) is 0 Å². The van der Waals surface area contributed by atoms with Gasteiger partial charge in [-0.15, -0.1) is 0 Å². The Bertz CT molecular complexity index is 819. The summed E-state index contributed by atoms with van der Waals surface area (Å²) in [7, 11) is 0. The number of benzene rings is 1. The number of aromatic nitrogens is 2. The molecule has 1 aromatic carbocycles. The van der Waals surface area contributed by atoms with E-state index in [-0.39, 0.29) is 12.1 Å². The van der Waals surface area contributed by atoms with Gasteiger partial charge < -0.3 is 14.8 Å². The molecule has 3 aliphatic rings. The molecule has 0 bridgehead atoms. The lowest BCUT2D eigenvalue weighted by Gasteiger charge is -2.25. The van der Waals surface area contributed by atoms with Gasteiger partial charge in [-0.3, -0.25) is 4.90 Å². The van der Waals surface area contributed by atoms with Crippen LogP contribution in [0.4, 0.5) is 4.79 Å². The summed E-state index contributed by atoms with van der Waals surface area (Å²) in [4.78, 5) is 21.9. The third-order valence-corrected chi connectivity index (χ3v) is 6.54. The van der Waals surface area contributed by atoms with Crippen molar-refractivity contribution in [3.63, 3.8) is 0 Å². The molecule has 2 saturated heterocycles. The van der Waals surface area contributed by atoms with Gasteiger partial charge in [-0.25, -0.2) is 9.78 Å². The number of imidazole rings is 1. The zero-order valence-electron chi connectivity index (χ0n) is 15.8. The summed E-state index contributed by atoms with van der Waals surface area (Å²) in [6, 6.07) is 11.6. The fraction of sp³-hybridized carbons (Fsp3) is 0.524. The molecule has 0 radical (unpaired) electrons. The molecule has 6 nitrogen and oxygen atoms in total. The average Bonchev–Trinajstić information content (AvgIpc) is 3.42. The van der Waals surface area contributed by atoms with Gasteiger partial charge in [0.05, 0.1) is 6.04 Å². The molecule has 1 N–H and O–H groups in total. The molecule has 6 heteroatoms. The number of nitrogens with one attached hydrogen (secondary N) is 1. The maximum Gasteiger partial charge on any atom is 0.318 e. The number of carbonyl (C=O) groups is 1. The van der Waals surface area contributed by atoms with E-state index in [1.807, 2.05) is 17.3 Å². The smallest absolute Gasteiger partial charge is 0.318 e. The second-order valence-corrected chi connectivity index (χ2v) is 8.26. The van der Waals surface area contributed by atoms with E-state index >= 15 is 0 Å². The maximum atomic E-state index is 12.9. The van der Waals surface area contributed by atoms with Crippen LogP contribution >= 0.6 is 0 Å². The van der Waals surface area contributed by atoms with E-state index in [4.69, 9.17) is 0 Å². The van der Waals surface area contributed by atoms with Gasteiger partial charge in [-0.2, -0.15) is 0 Å². The number of urea groups is 1. The lowest BCUT2D eigenvalue weighted by Crippen LogP contribution is -2.42. The van der Waals surface area contributed by atoms with E-state index < -0.39 is 0 Å². The first-order chi connectivity index (χ1) is 13.2. The van der Waals surface area contributed by atoms with Gasteiger partial charge in [-0.05, 0) is 37.8 Å². The second-order valence-electron chi connectivity index (χ2n) is 8.26. The van der Waals surface area contributed by atoms with Crippen molar-refractivity contribution in [2.75, 3.05) is 19.6 Å². The van der Waals surface area contributed by atoms with E-state index in [9.17, 15) is 4.79 Å². The highest BCUT2D eigenvalue weighted by Crippen LogP contribution is 2.35. The molecule has 2 unspecified atom stereocenters. The first kappa shape index (κ1) is 16.8. The SMILES string of the molecule is CC1CC(NC(=O)N2C[C@@H]3CCN(Cc4ccccc4)[C@@H]3C2)c2nccn21. The Labute approximate surface area is 160 Å². The number of amides is 2. The van der Waals surface area contributed by atoms with Gasteiger partial charge >= 0.3 is 6.03 Å². The maximum absolute atomic E-state index is 12.9. The van der Waals surface area contributed by atoms with Crippen LogP contribution in [0.5, 0.6) is 0 Å². The molecular formula is C21H27N5O. The van der Waals surface area contributed by atoms with Crippen molar-refractivity contribution in [2.45, 2.75) is 44.4 Å². The molecular weight excluding hydrogens is 338 g/mol. The van der Waals surface area contributed by atoms with Crippen LogP contribution in [-0.4, -0.2) is 51.1 Å². The van der Waals surface area contributed by atoms with E-state index in [1.165, 1.54) is 12.0 Å². The zero-order chi connectivity index (χ0) is 18.4. The highest BCUT2D eigenvalue weighted by atomic mass is 16.2. The minimum Gasteiger partial charge on any atom is -0.330 e. The molecule has 1 aromatic heterocycles. The molecule has 2 fully saturated rings. The topological polar surface area (TPSA) is 53.4 Å². The van der Waals surface area contributed by atoms with Crippen molar-refractivity contribution in [3.8, 4) is 0 Å². The number of likely N-dealkylation sites (tertiary alicyclic amines) is 2. The first-order valence-corrected chi connectivity index (χ1v) is 10.0. The van der Waals surface area contributed by atoms with Crippen LogP contribution in [0.2, 0.25) is 0 Å². The Morgan fingerprint density at radius 1 is 1.26 bits per heavy atom. The summed E-state index contributed by atoms with van der Waals surface area (Å²) >= 11 is 0. The first-order valence-electron chi connectivity index (χ1n) is 10.0. The van der Waals surface area contributed by atoms with Crippen LogP contribution in [0.15, 0.2) is 42.7 Å². The fourth-order valence-corrected chi connectivity index (χ4v) is 5.12. The van der Waals surface area contributed by atoms with Crippen LogP contribution in [0, 0.1) is 5.92 Å². The van der Waals surface area contributed by atoms with Crippen LogP contribution in [0.3, 0.4) is 0 Å². The zero-order valence-corrected chi connectivity index (χ0v) is 15.8. The predicted octanol–water partition coefficient (Wildman–Crippen LogP) is 2.80. The van der Waals surface area contributed by atoms with Crippen molar-refractivity contribution in [1.29, 1.82) is 0 Å². The van der Waals surface area contributed by atoms with Gasteiger partial charge in [0.25, 0.3) is 0 Å². The second kappa shape index (κ2) is 6.68. The summed E-state index contributed by atoms with van der Waals surface area (Å²) in [5.74, 6) is 1.59. The Kier molecular flexibility index (Phi) is 4.16. The Balaban J connectivity index is 1.22. The van der Waals surface area contributed by atoms with E-state index in [0.717, 1.165) is 38.4 Å². The molecule has 27 heavy (non-hydrogen) atoms. The standard InChI is InChI=1S/C21H27N5O/c1-15-11-18(20-22-8-10-26(15)20)23-21(27)25-13-17-7-9-24(19(17)14-25)12-16-5-3-2-4-6-16/h2-6,8,10,15,17-19H,7,9,11-14H2,1H3,(H,23,27)/t15?,17-,18?,19+/m0/s1. The van der Waals surface area contributed by atoms with E-state index in [0.29, 0.717) is 18.0 Å². The summed E-state index contributed by atoms with van der Waals surface area (Å²) in [5.41, 5.74) is 1.35. The highest BCUT2D eigenvalue weighted by Gasteiger charge is 2.43. The van der Waals surface area contributed by atoms with Crippen molar-refractivity contribution < 1.29 is 4.79 Å². The highest BCUT2D eigenvalue weighted by molar-refractivity contribution is 5.75. The summed E-state index contributed by atoms with van der Waals surface area (Å²) in [6.07, 6.45) is 5.95. The molecule has 5 rings (SSSR count). The molecule has 0 saturated carbocycles. The minimum atomic E-state index is 0.0309. The normalized spacial score (nSPS) is 29.7. The molecule has 2 amide bonds. The van der Waals surface area contributed by atoms with Crippen molar-refractivity contribution in [2.24, 2.45) is 5.92 Å². The van der Waals surface area contributed by atoms with Crippen molar-refractivity contribution in [3.05, 3.63) is 54.1 Å². The molecule has 0 aliphatic carbocycles. The molecule has 4 atom stereocenters. The van der Waals surface area contributed by atoms with Crippen molar-refractivity contribution >= 4 is 6.03 Å². The average molecular weight is 365 g/mol. The Hall–Kier alpha value is -2.34. The lowest BCUT2D eigenvalue weighted by atomic mass is 10.0. The van der Waals surface area contributed by atoms with Gasteiger partial charge in [-0.1, -0.05) is 30.3 Å². The number of nitrogens with zero attached hydrogens (tertiary/aromatic N) is 4. The number of fused-ring (bicyclic) bond motifs is 2. The van der Waals surface area contributed by atoms with Gasteiger partial charge in [0.1, 0.15) is 5.82 Å². The summed E-state index contributed by atoms with van der Waals surface area (Å²) < 4.78 is 2.17. The molecule has 4 heterocycles. The van der Waals surface area contributed by atoms with Crippen LogP contribution in [0.1, 0.15) is 43.2 Å². The van der Waals surface area contributed by atoms with Crippen LogP contribution in [0.25, 0.3) is 0 Å².